The van der Waals surface area contributed by atoms with Gasteiger partial charge in [-0.2, -0.15) is 0 Å². The average molecular weight is 279 g/mol. The van der Waals surface area contributed by atoms with Crippen molar-refractivity contribution in [3.8, 4) is 0 Å². The highest BCUT2D eigenvalue weighted by atomic mass is 16.1. The van der Waals surface area contributed by atoms with E-state index in [0.29, 0.717) is 5.69 Å². The average Bonchev–Trinajstić information content (AvgIpc) is 2.91. The molecule has 4 nitrogen and oxygen atoms in total. The van der Waals surface area contributed by atoms with E-state index < -0.39 is 0 Å². The lowest BCUT2D eigenvalue weighted by Gasteiger charge is -2.13. The maximum Gasteiger partial charge on any atom is 0.268 e. The molecule has 2 N–H and O–H groups in total. The van der Waals surface area contributed by atoms with Crippen LogP contribution in [0.2, 0.25) is 0 Å². The summed E-state index contributed by atoms with van der Waals surface area (Å²) in [7, 11) is 0. The van der Waals surface area contributed by atoms with Crippen molar-refractivity contribution >= 4 is 16.8 Å². The standard InChI is InChI=1S/C17H17N3O/c1-11-3-4-14-10-16(20-15(14)9-11)17(21)19-12(2)13-5-7-18-8-6-13/h3-10,12,20H,1-2H3,(H,19,21). The Balaban J connectivity index is 1.80. The molecule has 106 valence electrons. The molecule has 0 saturated heterocycles. The second kappa shape index (κ2) is 5.40. The number of hydrogen-bond acceptors (Lipinski definition) is 2. The first-order chi connectivity index (χ1) is 10.1. The van der Waals surface area contributed by atoms with Crippen molar-refractivity contribution in [3.05, 3.63) is 65.6 Å². The molecule has 0 aliphatic heterocycles. The van der Waals surface area contributed by atoms with Crippen molar-refractivity contribution < 1.29 is 4.79 Å². The Morgan fingerprint density at radius 3 is 2.71 bits per heavy atom. The van der Waals surface area contributed by atoms with Crippen LogP contribution < -0.4 is 5.32 Å². The van der Waals surface area contributed by atoms with Gasteiger partial charge in [0.2, 0.25) is 0 Å². The van der Waals surface area contributed by atoms with Crippen LogP contribution in [-0.4, -0.2) is 15.9 Å². The van der Waals surface area contributed by atoms with Gasteiger partial charge in [0.15, 0.2) is 0 Å². The molecule has 0 aliphatic rings. The molecule has 0 fully saturated rings. The van der Waals surface area contributed by atoms with E-state index in [4.69, 9.17) is 0 Å². The van der Waals surface area contributed by atoms with Gasteiger partial charge in [0, 0.05) is 23.3 Å². The van der Waals surface area contributed by atoms with E-state index in [-0.39, 0.29) is 11.9 Å². The van der Waals surface area contributed by atoms with Crippen molar-refractivity contribution in [2.45, 2.75) is 19.9 Å². The molecular formula is C17H17N3O. The van der Waals surface area contributed by atoms with Gasteiger partial charge in [-0.3, -0.25) is 9.78 Å². The number of pyridine rings is 1. The summed E-state index contributed by atoms with van der Waals surface area (Å²) in [4.78, 5) is 19.5. The number of benzene rings is 1. The summed E-state index contributed by atoms with van der Waals surface area (Å²) in [5.41, 5.74) is 3.76. The summed E-state index contributed by atoms with van der Waals surface area (Å²) < 4.78 is 0. The molecule has 0 spiro atoms. The summed E-state index contributed by atoms with van der Waals surface area (Å²) in [5.74, 6) is -0.104. The highest BCUT2D eigenvalue weighted by Crippen LogP contribution is 2.18. The highest BCUT2D eigenvalue weighted by Gasteiger charge is 2.13. The first-order valence-electron chi connectivity index (χ1n) is 6.93. The quantitative estimate of drug-likeness (QED) is 0.772. The summed E-state index contributed by atoms with van der Waals surface area (Å²) in [6, 6.07) is 11.7. The first-order valence-corrected chi connectivity index (χ1v) is 6.93. The van der Waals surface area contributed by atoms with Crippen LogP contribution in [0.1, 0.15) is 34.6 Å². The van der Waals surface area contributed by atoms with Crippen LogP contribution in [0.3, 0.4) is 0 Å². The van der Waals surface area contributed by atoms with Crippen LogP contribution in [0.4, 0.5) is 0 Å². The molecule has 1 atom stereocenters. The number of hydrogen-bond donors (Lipinski definition) is 2. The van der Waals surface area contributed by atoms with E-state index in [1.165, 1.54) is 5.56 Å². The topological polar surface area (TPSA) is 57.8 Å². The van der Waals surface area contributed by atoms with E-state index in [1.54, 1.807) is 12.4 Å². The molecule has 0 bridgehead atoms. The van der Waals surface area contributed by atoms with Gasteiger partial charge in [0.1, 0.15) is 5.69 Å². The minimum atomic E-state index is -0.104. The number of rotatable bonds is 3. The van der Waals surface area contributed by atoms with Gasteiger partial charge >= 0.3 is 0 Å². The largest absolute Gasteiger partial charge is 0.351 e. The number of nitrogens with one attached hydrogen (secondary N) is 2. The summed E-state index contributed by atoms with van der Waals surface area (Å²) in [5, 5.41) is 4.03. The van der Waals surface area contributed by atoms with Crippen LogP contribution >= 0.6 is 0 Å². The smallest absolute Gasteiger partial charge is 0.268 e. The Hall–Kier alpha value is -2.62. The second-order valence-corrected chi connectivity index (χ2v) is 5.25. The molecule has 2 aromatic heterocycles. The predicted octanol–water partition coefficient (Wildman–Crippen LogP) is 3.36. The third-order valence-electron chi connectivity index (χ3n) is 3.58. The van der Waals surface area contributed by atoms with Crippen LogP contribution in [0.15, 0.2) is 48.8 Å². The molecule has 2 heterocycles. The monoisotopic (exact) mass is 279 g/mol. The fourth-order valence-corrected chi connectivity index (χ4v) is 2.37. The fourth-order valence-electron chi connectivity index (χ4n) is 2.37. The summed E-state index contributed by atoms with van der Waals surface area (Å²) >= 11 is 0. The Labute approximate surface area is 123 Å². The molecule has 1 unspecified atom stereocenters. The fraction of sp³-hybridized carbons (Fsp3) is 0.176. The van der Waals surface area contributed by atoms with E-state index in [2.05, 4.69) is 15.3 Å². The number of H-pyrrole nitrogens is 1. The molecular weight excluding hydrogens is 262 g/mol. The number of aromatic nitrogens is 2. The zero-order valence-electron chi connectivity index (χ0n) is 12.1. The van der Waals surface area contributed by atoms with E-state index >= 15 is 0 Å². The lowest BCUT2D eigenvalue weighted by Crippen LogP contribution is -2.26. The third kappa shape index (κ3) is 2.79. The van der Waals surface area contributed by atoms with Gasteiger partial charge in [-0.1, -0.05) is 12.1 Å². The lowest BCUT2D eigenvalue weighted by molar-refractivity contribution is 0.0935. The molecule has 3 aromatic rings. The summed E-state index contributed by atoms with van der Waals surface area (Å²) in [6.07, 6.45) is 3.45. The SMILES string of the molecule is Cc1ccc2cc(C(=O)NC(C)c3ccncc3)[nH]c2c1. The van der Waals surface area contributed by atoms with Gasteiger partial charge in [-0.05, 0) is 49.2 Å². The van der Waals surface area contributed by atoms with Crippen molar-refractivity contribution in [1.82, 2.24) is 15.3 Å². The minimum Gasteiger partial charge on any atom is -0.351 e. The summed E-state index contributed by atoms with van der Waals surface area (Å²) in [6.45, 7) is 3.99. The van der Waals surface area contributed by atoms with Gasteiger partial charge in [-0.15, -0.1) is 0 Å². The van der Waals surface area contributed by atoms with Gasteiger partial charge < -0.3 is 10.3 Å². The second-order valence-electron chi connectivity index (χ2n) is 5.25. The third-order valence-corrected chi connectivity index (χ3v) is 3.58. The maximum atomic E-state index is 12.3. The van der Waals surface area contributed by atoms with Gasteiger partial charge in [0.25, 0.3) is 5.91 Å². The molecule has 0 aliphatic carbocycles. The van der Waals surface area contributed by atoms with Crippen LogP contribution in [0.5, 0.6) is 0 Å². The van der Waals surface area contributed by atoms with E-state index in [0.717, 1.165) is 16.5 Å². The Morgan fingerprint density at radius 2 is 1.95 bits per heavy atom. The molecule has 4 heteroatoms. The molecule has 0 radical (unpaired) electrons. The maximum absolute atomic E-state index is 12.3. The molecule has 1 aromatic carbocycles. The number of nitrogens with zero attached hydrogens (tertiary/aromatic N) is 1. The van der Waals surface area contributed by atoms with Crippen LogP contribution in [0, 0.1) is 6.92 Å². The number of amides is 1. The Kier molecular flexibility index (Phi) is 3.44. The van der Waals surface area contributed by atoms with Gasteiger partial charge in [-0.25, -0.2) is 0 Å². The molecule has 0 saturated carbocycles. The van der Waals surface area contributed by atoms with E-state index in [9.17, 15) is 4.79 Å². The molecule has 21 heavy (non-hydrogen) atoms. The zero-order chi connectivity index (χ0) is 14.8. The van der Waals surface area contributed by atoms with Crippen LogP contribution in [-0.2, 0) is 0 Å². The number of aromatic amines is 1. The lowest BCUT2D eigenvalue weighted by atomic mass is 10.1. The predicted molar refractivity (Wildman–Crippen MR) is 83.2 cm³/mol. The van der Waals surface area contributed by atoms with Crippen molar-refractivity contribution in [3.63, 3.8) is 0 Å². The molecule has 1 amide bonds. The molecule has 3 rings (SSSR count). The Bertz CT molecular complexity index is 777. The Morgan fingerprint density at radius 1 is 1.19 bits per heavy atom. The van der Waals surface area contributed by atoms with Gasteiger partial charge in [0.05, 0.1) is 6.04 Å². The number of fused-ring (bicyclic) bond motifs is 1. The van der Waals surface area contributed by atoms with Crippen molar-refractivity contribution in [2.75, 3.05) is 0 Å². The minimum absolute atomic E-state index is 0.0614. The number of carbonyl (C=O) groups is 1. The van der Waals surface area contributed by atoms with Crippen molar-refractivity contribution in [2.24, 2.45) is 0 Å². The normalized spacial score (nSPS) is 12.3. The highest BCUT2D eigenvalue weighted by molar-refractivity contribution is 5.98. The number of aryl methyl sites for hydroxylation is 1. The van der Waals surface area contributed by atoms with E-state index in [1.807, 2.05) is 50.2 Å². The first kappa shape index (κ1) is 13.4. The number of carbonyl (C=O) groups excluding carboxylic acids is 1. The zero-order valence-corrected chi connectivity index (χ0v) is 12.1. The van der Waals surface area contributed by atoms with Crippen LogP contribution in [0.25, 0.3) is 10.9 Å². The van der Waals surface area contributed by atoms with Crippen molar-refractivity contribution in [1.29, 1.82) is 0 Å².